The van der Waals surface area contributed by atoms with Gasteiger partial charge in [-0.1, -0.05) is 19.3 Å². The summed E-state index contributed by atoms with van der Waals surface area (Å²) in [6.45, 7) is 3.39. The fourth-order valence-corrected chi connectivity index (χ4v) is 3.54. The predicted molar refractivity (Wildman–Crippen MR) is 86.5 cm³/mol. The van der Waals surface area contributed by atoms with Gasteiger partial charge in [-0.3, -0.25) is 4.79 Å². The molecule has 0 N–H and O–H groups in total. The first-order valence-electron chi connectivity index (χ1n) is 8.32. The molecule has 1 aliphatic carbocycles. The van der Waals surface area contributed by atoms with Crippen molar-refractivity contribution >= 4 is 11.6 Å². The van der Waals surface area contributed by atoms with E-state index in [9.17, 15) is 4.79 Å². The maximum Gasteiger partial charge on any atom is 0.225 e. The van der Waals surface area contributed by atoms with Gasteiger partial charge in [-0.25, -0.2) is 0 Å². The Kier molecular flexibility index (Phi) is 4.62. The third kappa shape index (κ3) is 3.24. The molecule has 0 aromatic heterocycles. The van der Waals surface area contributed by atoms with Gasteiger partial charge in [-0.05, 0) is 37.1 Å². The van der Waals surface area contributed by atoms with Gasteiger partial charge < -0.3 is 9.80 Å². The molecule has 1 saturated heterocycles. The minimum Gasteiger partial charge on any atom is -0.368 e. The van der Waals surface area contributed by atoms with Gasteiger partial charge in [0.2, 0.25) is 5.91 Å². The number of hydrogen-bond donors (Lipinski definition) is 0. The molecule has 1 amide bonds. The molecule has 0 radical (unpaired) electrons. The van der Waals surface area contributed by atoms with Gasteiger partial charge in [0.05, 0.1) is 11.6 Å². The maximum absolute atomic E-state index is 12.6. The fourth-order valence-electron chi connectivity index (χ4n) is 3.54. The van der Waals surface area contributed by atoms with Crippen molar-refractivity contribution in [3.63, 3.8) is 0 Å². The van der Waals surface area contributed by atoms with Gasteiger partial charge in [-0.2, -0.15) is 5.26 Å². The van der Waals surface area contributed by atoms with E-state index >= 15 is 0 Å². The summed E-state index contributed by atoms with van der Waals surface area (Å²) in [6, 6.07) is 9.85. The summed E-state index contributed by atoms with van der Waals surface area (Å²) in [7, 11) is 0. The van der Waals surface area contributed by atoms with Crippen LogP contribution in [0.5, 0.6) is 0 Å². The summed E-state index contributed by atoms with van der Waals surface area (Å²) in [6.07, 6.45) is 5.86. The Morgan fingerprint density at radius 2 is 1.64 bits per heavy atom. The van der Waals surface area contributed by atoms with Crippen molar-refractivity contribution in [2.75, 3.05) is 31.1 Å². The van der Waals surface area contributed by atoms with E-state index in [-0.39, 0.29) is 5.92 Å². The standard InChI is InChI=1S/C18H23N3O/c19-14-15-6-8-17(9-7-15)20-10-12-21(13-11-20)18(22)16-4-2-1-3-5-16/h6-9,16H,1-5,10-13H2. The van der Waals surface area contributed by atoms with Crippen molar-refractivity contribution in [2.45, 2.75) is 32.1 Å². The van der Waals surface area contributed by atoms with Crippen LogP contribution in [0.15, 0.2) is 24.3 Å². The van der Waals surface area contributed by atoms with Crippen LogP contribution in [-0.2, 0) is 4.79 Å². The third-order valence-corrected chi connectivity index (χ3v) is 4.91. The molecule has 4 heteroatoms. The Hall–Kier alpha value is -2.02. The van der Waals surface area contributed by atoms with Crippen molar-refractivity contribution in [3.05, 3.63) is 29.8 Å². The van der Waals surface area contributed by atoms with Crippen molar-refractivity contribution in [2.24, 2.45) is 5.92 Å². The molecular formula is C18H23N3O. The number of benzene rings is 1. The van der Waals surface area contributed by atoms with Gasteiger partial charge in [0.1, 0.15) is 0 Å². The Morgan fingerprint density at radius 3 is 2.23 bits per heavy atom. The summed E-state index contributed by atoms with van der Waals surface area (Å²) in [5.74, 6) is 0.648. The smallest absolute Gasteiger partial charge is 0.225 e. The second kappa shape index (κ2) is 6.83. The second-order valence-corrected chi connectivity index (χ2v) is 6.31. The van der Waals surface area contributed by atoms with E-state index in [1.54, 1.807) is 0 Å². The molecule has 0 unspecified atom stereocenters. The fraction of sp³-hybridized carbons (Fsp3) is 0.556. The largest absolute Gasteiger partial charge is 0.368 e. The van der Waals surface area contributed by atoms with E-state index in [2.05, 4.69) is 15.9 Å². The van der Waals surface area contributed by atoms with E-state index in [1.165, 1.54) is 19.3 Å². The highest BCUT2D eigenvalue weighted by Gasteiger charge is 2.28. The molecule has 22 heavy (non-hydrogen) atoms. The number of nitrogens with zero attached hydrogens (tertiary/aromatic N) is 3. The van der Waals surface area contributed by atoms with Gasteiger partial charge in [-0.15, -0.1) is 0 Å². The van der Waals surface area contributed by atoms with Crippen LogP contribution in [0.2, 0.25) is 0 Å². The minimum atomic E-state index is 0.273. The van der Waals surface area contributed by atoms with Crippen LogP contribution in [0.4, 0.5) is 5.69 Å². The van der Waals surface area contributed by atoms with E-state index < -0.39 is 0 Å². The lowest BCUT2D eigenvalue weighted by Crippen LogP contribution is -2.50. The number of rotatable bonds is 2. The van der Waals surface area contributed by atoms with Gasteiger partial charge in [0.15, 0.2) is 0 Å². The molecule has 4 nitrogen and oxygen atoms in total. The average Bonchev–Trinajstić information content (AvgIpc) is 2.62. The highest BCUT2D eigenvalue weighted by Crippen LogP contribution is 2.26. The van der Waals surface area contributed by atoms with Gasteiger partial charge >= 0.3 is 0 Å². The molecule has 2 aliphatic rings. The zero-order valence-corrected chi connectivity index (χ0v) is 13.0. The van der Waals surface area contributed by atoms with E-state index in [0.29, 0.717) is 11.5 Å². The van der Waals surface area contributed by atoms with Crippen molar-refractivity contribution in [1.29, 1.82) is 5.26 Å². The lowest BCUT2D eigenvalue weighted by Gasteiger charge is -2.38. The maximum atomic E-state index is 12.6. The lowest BCUT2D eigenvalue weighted by atomic mass is 9.88. The lowest BCUT2D eigenvalue weighted by molar-refractivity contribution is -0.136. The topological polar surface area (TPSA) is 47.3 Å². The summed E-state index contributed by atoms with van der Waals surface area (Å²) in [5, 5.41) is 8.85. The Bertz CT molecular complexity index is 547. The molecule has 0 bridgehead atoms. The molecule has 1 aromatic rings. The Labute approximate surface area is 132 Å². The zero-order valence-electron chi connectivity index (χ0n) is 13.0. The third-order valence-electron chi connectivity index (χ3n) is 4.91. The molecule has 0 atom stereocenters. The van der Waals surface area contributed by atoms with Crippen LogP contribution >= 0.6 is 0 Å². The SMILES string of the molecule is N#Cc1ccc(N2CCN(C(=O)C3CCCCC3)CC2)cc1. The second-order valence-electron chi connectivity index (χ2n) is 6.31. The quantitative estimate of drug-likeness (QED) is 0.843. The number of nitriles is 1. The number of hydrogen-bond acceptors (Lipinski definition) is 3. The van der Waals surface area contributed by atoms with Crippen LogP contribution in [0.25, 0.3) is 0 Å². The first-order chi connectivity index (χ1) is 10.8. The molecule has 116 valence electrons. The first-order valence-corrected chi connectivity index (χ1v) is 8.32. The van der Waals surface area contributed by atoms with Crippen LogP contribution in [-0.4, -0.2) is 37.0 Å². The molecule has 1 aromatic carbocycles. The summed E-state index contributed by atoms with van der Waals surface area (Å²) in [5.41, 5.74) is 1.83. The van der Waals surface area contributed by atoms with Crippen LogP contribution in [0.1, 0.15) is 37.7 Å². The van der Waals surface area contributed by atoms with Crippen molar-refractivity contribution in [3.8, 4) is 6.07 Å². The Balaban J connectivity index is 1.55. The monoisotopic (exact) mass is 297 g/mol. The molecule has 1 saturated carbocycles. The molecule has 1 aliphatic heterocycles. The number of piperazine rings is 1. The van der Waals surface area contributed by atoms with Crippen molar-refractivity contribution in [1.82, 2.24) is 4.90 Å². The normalized spacial score (nSPS) is 19.8. The molecule has 2 fully saturated rings. The summed E-state index contributed by atoms with van der Waals surface area (Å²) in [4.78, 5) is 16.9. The highest BCUT2D eigenvalue weighted by atomic mass is 16.2. The number of amides is 1. The van der Waals surface area contributed by atoms with Crippen LogP contribution in [0, 0.1) is 17.2 Å². The summed E-state index contributed by atoms with van der Waals surface area (Å²) < 4.78 is 0. The molecule has 0 spiro atoms. The molecular weight excluding hydrogens is 274 g/mol. The van der Waals surface area contributed by atoms with Crippen LogP contribution in [0.3, 0.4) is 0 Å². The number of anilines is 1. The Morgan fingerprint density at radius 1 is 1.00 bits per heavy atom. The number of carbonyl (C=O) groups excluding carboxylic acids is 1. The zero-order chi connectivity index (χ0) is 15.4. The highest BCUT2D eigenvalue weighted by molar-refractivity contribution is 5.79. The van der Waals surface area contributed by atoms with Gasteiger partial charge in [0, 0.05) is 37.8 Å². The molecule has 1 heterocycles. The van der Waals surface area contributed by atoms with E-state index in [0.717, 1.165) is 44.7 Å². The van der Waals surface area contributed by atoms with Crippen molar-refractivity contribution < 1.29 is 4.79 Å². The van der Waals surface area contributed by atoms with Gasteiger partial charge in [0.25, 0.3) is 0 Å². The van der Waals surface area contributed by atoms with Crippen LogP contribution < -0.4 is 4.90 Å². The number of carbonyl (C=O) groups is 1. The molecule has 3 rings (SSSR count). The first kappa shape index (κ1) is 14.9. The average molecular weight is 297 g/mol. The van der Waals surface area contributed by atoms with E-state index in [4.69, 9.17) is 5.26 Å². The summed E-state index contributed by atoms with van der Waals surface area (Å²) >= 11 is 0. The minimum absolute atomic E-state index is 0.273. The predicted octanol–water partition coefficient (Wildman–Crippen LogP) is 2.79. The van der Waals surface area contributed by atoms with E-state index in [1.807, 2.05) is 24.3 Å².